The minimum absolute atomic E-state index is 0.0711. The number of hydrogen-bond donors (Lipinski definition) is 2. The van der Waals surface area contributed by atoms with E-state index >= 15 is 0 Å². The van der Waals surface area contributed by atoms with E-state index in [-0.39, 0.29) is 5.91 Å². The summed E-state index contributed by atoms with van der Waals surface area (Å²) >= 11 is 6.02. The van der Waals surface area contributed by atoms with E-state index in [0.717, 1.165) is 30.8 Å². The molecule has 3 nitrogen and oxygen atoms in total. The number of anilines is 1. The molecule has 1 aromatic rings. The molecular formula is C14H19ClN2O. The van der Waals surface area contributed by atoms with Crippen molar-refractivity contribution in [3.63, 3.8) is 0 Å². The van der Waals surface area contributed by atoms with Gasteiger partial charge in [-0.15, -0.1) is 0 Å². The molecule has 4 heteroatoms. The van der Waals surface area contributed by atoms with E-state index in [0.29, 0.717) is 17.4 Å². The van der Waals surface area contributed by atoms with Gasteiger partial charge in [0.15, 0.2) is 0 Å². The van der Waals surface area contributed by atoms with Crippen LogP contribution in [0.1, 0.15) is 24.8 Å². The number of hydrogen-bond acceptors (Lipinski definition) is 2. The Morgan fingerprint density at radius 1 is 1.56 bits per heavy atom. The van der Waals surface area contributed by atoms with Crippen molar-refractivity contribution < 1.29 is 4.79 Å². The fourth-order valence-electron chi connectivity index (χ4n) is 2.19. The number of aryl methyl sites for hydroxylation is 1. The molecule has 1 saturated heterocycles. The molecule has 2 N–H and O–H groups in total. The molecule has 1 aromatic carbocycles. The van der Waals surface area contributed by atoms with Gasteiger partial charge in [0.25, 0.3) is 0 Å². The van der Waals surface area contributed by atoms with Crippen LogP contribution in [0.3, 0.4) is 0 Å². The van der Waals surface area contributed by atoms with Crippen LogP contribution in [0.4, 0.5) is 5.69 Å². The Balaban J connectivity index is 1.80. The predicted molar refractivity (Wildman–Crippen MR) is 75.0 cm³/mol. The van der Waals surface area contributed by atoms with Gasteiger partial charge in [0.1, 0.15) is 0 Å². The summed E-state index contributed by atoms with van der Waals surface area (Å²) in [6, 6.07) is 5.60. The third kappa shape index (κ3) is 3.72. The van der Waals surface area contributed by atoms with E-state index in [9.17, 15) is 4.79 Å². The highest BCUT2D eigenvalue weighted by molar-refractivity contribution is 6.31. The Morgan fingerprint density at radius 2 is 2.39 bits per heavy atom. The highest BCUT2D eigenvalue weighted by Crippen LogP contribution is 2.20. The molecule has 1 aliphatic rings. The summed E-state index contributed by atoms with van der Waals surface area (Å²) in [5, 5.41) is 6.89. The van der Waals surface area contributed by atoms with Gasteiger partial charge in [-0.3, -0.25) is 4.79 Å². The van der Waals surface area contributed by atoms with Crippen LogP contribution in [-0.4, -0.2) is 19.0 Å². The predicted octanol–water partition coefficient (Wildman–Crippen LogP) is 2.98. The first-order chi connectivity index (χ1) is 8.65. The number of halogens is 1. The number of amides is 1. The van der Waals surface area contributed by atoms with Gasteiger partial charge in [-0.2, -0.15) is 0 Å². The van der Waals surface area contributed by atoms with Crippen LogP contribution in [-0.2, 0) is 4.79 Å². The Kier molecular flexibility index (Phi) is 4.61. The number of carbonyl (C=O) groups excluding carboxylic acids is 1. The van der Waals surface area contributed by atoms with Crippen molar-refractivity contribution >= 4 is 23.2 Å². The van der Waals surface area contributed by atoms with Gasteiger partial charge in [-0.25, -0.2) is 0 Å². The lowest BCUT2D eigenvalue weighted by molar-refractivity contribution is -0.116. The molecular weight excluding hydrogens is 248 g/mol. The van der Waals surface area contributed by atoms with E-state index in [4.69, 9.17) is 11.6 Å². The average molecular weight is 267 g/mol. The normalized spacial score (nSPS) is 18.9. The average Bonchev–Trinajstić information content (AvgIpc) is 2.84. The smallest absolute Gasteiger partial charge is 0.224 e. The molecule has 1 amide bonds. The van der Waals surface area contributed by atoms with E-state index in [1.165, 1.54) is 6.42 Å². The van der Waals surface area contributed by atoms with Gasteiger partial charge in [0, 0.05) is 17.1 Å². The fourth-order valence-corrected chi connectivity index (χ4v) is 2.37. The van der Waals surface area contributed by atoms with Gasteiger partial charge < -0.3 is 10.6 Å². The number of carbonyl (C=O) groups is 1. The molecule has 0 aliphatic carbocycles. The summed E-state index contributed by atoms with van der Waals surface area (Å²) in [4.78, 5) is 11.8. The van der Waals surface area contributed by atoms with Crippen LogP contribution in [0.2, 0.25) is 5.02 Å². The van der Waals surface area contributed by atoms with Gasteiger partial charge in [-0.05, 0) is 56.5 Å². The zero-order chi connectivity index (χ0) is 13.0. The minimum Gasteiger partial charge on any atom is -0.326 e. The molecule has 0 aromatic heterocycles. The molecule has 1 heterocycles. The van der Waals surface area contributed by atoms with Gasteiger partial charge >= 0.3 is 0 Å². The summed E-state index contributed by atoms with van der Waals surface area (Å²) in [6.45, 7) is 4.07. The van der Waals surface area contributed by atoms with Gasteiger partial charge in [-0.1, -0.05) is 17.7 Å². The lowest BCUT2D eigenvalue weighted by Crippen LogP contribution is -2.15. The molecule has 1 atom stereocenters. The standard InChI is InChI=1S/C14H19ClN2O/c1-10-2-4-12(8-13(10)15)17-14(18)5-3-11-6-7-16-9-11/h2,4,8,11,16H,3,5-7,9H2,1H3,(H,17,18). The molecule has 18 heavy (non-hydrogen) atoms. The van der Waals surface area contributed by atoms with Crippen molar-refractivity contribution in [2.75, 3.05) is 18.4 Å². The van der Waals surface area contributed by atoms with Gasteiger partial charge in [0.05, 0.1) is 0 Å². The van der Waals surface area contributed by atoms with Crippen LogP contribution in [0.25, 0.3) is 0 Å². The Morgan fingerprint density at radius 3 is 3.06 bits per heavy atom. The highest BCUT2D eigenvalue weighted by Gasteiger charge is 2.15. The van der Waals surface area contributed by atoms with Crippen molar-refractivity contribution in [3.8, 4) is 0 Å². The van der Waals surface area contributed by atoms with E-state index in [2.05, 4.69) is 10.6 Å². The fraction of sp³-hybridized carbons (Fsp3) is 0.500. The largest absolute Gasteiger partial charge is 0.326 e. The molecule has 1 unspecified atom stereocenters. The van der Waals surface area contributed by atoms with Gasteiger partial charge in [0.2, 0.25) is 5.91 Å². The van der Waals surface area contributed by atoms with Crippen molar-refractivity contribution in [3.05, 3.63) is 28.8 Å². The highest BCUT2D eigenvalue weighted by atomic mass is 35.5. The van der Waals surface area contributed by atoms with Crippen LogP contribution in [0.15, 0.2) is 18.2 Å². The van der Waals surface area contributed by atoms with Crippen LogP contribution in [0, 0.1) is 12.8 Å². The monoisotopic (exact) mass is 266 g/mol. The third-order valence-electron chi connectivity index (χ3n) is 3.40. The summed E-state index contributed by atoms with van der Waals surface area (Å²) < 4.78 is 0. The second-order valence-electron chi connectivity index (χ2n) is 4.91. The summed E-state index contributed by atoms with van der Waals surface area (Å²) in [6.07, 6.45) is 2.72. The second-order valence-corrected chi connectivity index (χ2v) is 5.32. The van der Waals surface area contributed by atoms with Crippen LogP contribution >= 0.6 is 11.6 Å². The maximum Gasteiger partial charge on any atom is 0.224 e. The molecule has 98 valence electrons. The Hall–Kier alpha value is -1.06. The first kappa shape index (κ1) is 13.4. The number of rotatable bonds is 4. The summed E-state index contributed by atoms with van der Waals surface area (Å²) in [7, 11) is 0. The number of benzene rings is 1. The number of nitrogens with one attached hydrogen (secondary N) is 2. The molecule has 0 spiro atoms. The Labute approximate surface area is 113 Å². The minimum atomic E-state index is 0.0711. The van der Waals surface area contributed by atoms with Crippen LogP contribution in [0.5, 0.6) is 0 Å². The lowest BCUT2D eigenvalue weighted by atomic mass is 10.0. The molecule has 0 bridgehead atoms. The van der Waals surface area contributed by atoms with Crippen LogP contribution < -0.4 is 10.6 Å². The summed E-state index contributed by atoms with van der Waals surface area (Å²) in [5.41, 5.74) is 1.80. The maximum atomic E-state index is 11.8. The van der Waals surface area contributed by atoms with Crippen molar-refractivity contribution in [2.24, 2.45) is 5.92 Å². The van der Waals surface area contributed by atoms with E-state index in [1.807, 2.05) is 19.1 Å². The summed E-state index contributed by atoms with van der Waals surface area (Å²) in [5.74, 6) is 0.721. The molecule has 2 rings (SSSR count). The zero-order valence-electron chi connectivity index (χ0n) is 10.6. The molecule has 0 radical (unpaired) electrons. The van der Waals surface area contributed by atoms with Crippen molar-refractivity contribution in [2.45, 2.75) is 26.2 Å². The SMILES string of the molecule is Cc1ccc(NC(=O)CCC2CCNC2)cc1Cl. The first-order valence-corrected chi connectivity index (χ1v) is 6.79. The third-order valence-corrected chi connectivity index (χ3v) is 3.80. The van der Waals surface area contributed by atoms with E-state index in [1.54, 1.807) is 6.07 Å². The molecule has 1 aliphatic heterocycles. The maximum absolute atomic E-state index is 11.8. The topological polar surface area (TPSA) is 41.1 Å². The van der Waals surface area contributed by atoms with Crippen molar-refractivity contribution in [1.82, 2.24) is 5.32 Å². The lowest BCUT2D eigenvalue weighted by Gasteiger charge is -2.09. The second kappa shape index (κ2) is 6.21. The molecule has 1 fully saturated rings. The quantitative estimate of drug-likeness (QED) is 0.880. The molecule has 0 saturated carbocycles. The van der Waals surface area contributed by atoms with Crippen molar-refractivity contribution in [1.29, 1.82) is 0 Å². The first-order valence-electron chi connectivity index (χ1n) is 6.42. The zero-order valence-corrected chi connectivity index (χ0v) is 11.4. The Bertz CT molecular complexity index is 428. The van der Waals surface area contributed by atoms with E-state index < -0.39 is 0 Å².